The van der Waals surface area contributed by atoms with Crippen molar-refractivity contribution in [1.82, 2.24) is 4.98 Å². The summed E-state index contributed by atoms with van der Waals surface area (Å²) in [5.74, 6) is -0.538. The molecule has 84 valence electrons. The number of nitrogens with zero attached hydrogens (tertiary/aromatic N) is 1. The molecule has 0 fully saturated rings. The number of aliphatic hydroxyl groups excluding tert-OH is 1. The van der Waals surface area contributed by atoms with Crippen molar-refractivity contribution in [3.05, 3.63) is 28.2 Å². The van der Waals surface area contributed by atoms with Crippen LogP contribution in [-0.4, -0.2) is 22.8 Å². The lowest BCUT2D eigenvalue weighted by Crippen LogP contribution is -2.13. The molecule has 1 heterocycles. The second-order valence-corrected chi connectivity index (χ2v) is 4.27. The molecule has 1 N–H and O–H groups in total. The van der Waals surface area contributed by atoms with E-state index < -0.39 is 11.9 Å². The Morgan fingerprint density at radius 1 is 1.53 bits per heavy atom. The number of aliphatic hydroxyl groups is 1. The molecular formula is C10H13BrFNO2. The van der Waals surface area contributed by atoms with Crippen LogP contribution in [0.5, 0.6) is 0 Å². The summed E-state index contributed by atoms with van der Waals surface area (Å²) in [6.45, 7) is 3.77. The van der Waals surface area contributed by atoms with Gasteiger partial charge in [0.1, 0.15) is 11.9 Å². The highest BCUT2D eigenvalue weighted by molar-refractivity contribution is 9.10. The van der Waals surface area contributed by atoms with Gasteiger partial charge in [0, 0.05) is 16.2 Å². The van der Waals surface area contributed by atoms with Gasteiger partial charge in [-0.3, -0.25) is 4.98 Å². The van der Waals surface area contributed by atoms with Gasteiger partial charge in [0.2, 0.25) is 0 Å². The van der Waals surface area contributed by atoms with Gasteiger partial charge in [0.25, 0.3) is 0 Å². The van der Waals surface area contributed by atoms with E-state index in [-0.39, 0.29) is 18.3 Å². The third-order valence-electron chi connectivity index (χ3n) is 1.81. The zero-order chi connectivity index (χ0) is 11.4. The van der Waals surface area contributed by atoms with Crippen molar-refractivity contribution in [3.8, 4) is 0 Å². The Balaban J connectivity index is 2.77. The quantitative estimate of drug-likeness (QED) is 0.919. The standard InChI is InChI=1S/C10H13BrFNO2/c1-6(2)15-5-9(14)10-7(11)3-13-4-8(10)12/h3-4,6,9,14H,5H2,1-2H3. The Morgan fingerprint density at radius 2 is 2.20 bits per heavy atom. The minimum atomic E-state index is -0.982. The van der Waals surface area contributed by atoms with Crippen molar-refractivity contribution in [2.45, 2.75) is 26.1 Å². The Kier molecular flexibility index (Phi) is 4.63. The topological polar surface area (TPSA) is 42.4 Å². The first-order chi connectivity index (χ1) is 7.02. The number of aromatic nitrogens is 1. The van der Waals surface area contributed by atoms with Crippen LogP contribution in [0.3, 0.4) is 0 Å². The predicted octanol–water partition coefficient (Wildman–Crippen LogP) is 2.44. The van der Waals surface area contributed by atoms with Gasteiger partial charge in [-0.25, -0.2) is 4.39 Å². The molecule has 1 unspecified atom stereocenters. The molecule has 15 heavy (non-hydrogen) atoms. The molecule has 0 aliphatic carbocycles. The van der Waals surface area contributed by atoms with E-state index in [4.69, 9.17) is 4.74 Å². The van der Waals surface area contributed by atoms with Crippen molar-refractivity contribution < 1.29 is 14.2 Å². The number of hydrogen-bond donors (Lipinski definition) is 1. The molecule has 1 aromatic rings. The number of ether oxygens (including phenoxy) is 1. The average Bonchev–Trinajstić information content (AvgIpc) is 2.14. The maximum Gasteiger partial charge on any atom is 0.148 e. The van der Waals surface area contributed by atoms with E-state index in [9.17, 15) is 9.50 Å². The van der Waals surface area contributed by atoms with E-state index in [0.29, 0.717) is 4.47 Å². The van der Waals surface area contributed by atoms with Gasteiger partial charge in [-0.2, -0.15) is 0 Å². The van der Waals surface area contributed by atoms with E-state index in [1.807, 2.05) is 13.8 Å². The van der Waals surface area contributed by atoms with E-state index in [2.05, 4.69) is 20.9 Å². The molecule has 1 atom stereocenters. The number of rotatable bonds is 4. The Bertz CT molecular complexity index is 313. The fourth-order valence-corrected chi connectivity index (χ4v) is 1.68. The fraction of sp³-hybridized carbons (Fsp3) is 0.500. The van der Waals surface area contributed by atoms with Crippen LogP contribution in [-0.2, 0) is 4.74 Å². The molecule has 1 rings (SSSR count). The monoisotopic (exact) mass is 277 g/mol. The van der Waals surface area contributed by atoms with Gasteiger partial charge in [0.05, 0.1) is 18.9 Å². The van der Waals surface area contributed by atoms with Crippen LogP contribution >= 0.6 is 15.9 Å². The molecule has 0 aliphatic rings. The first-order valence-corrected chi connectivity index (χ1v) is 5.40. The lowest BCUT2D eigenvalue weighted by atomic mass is 10.1. The Labute approximate surface area is 96.4 Å². The van der Waals surface area contributed by atoms with E-state index in [1.54, 1.807) is 0 Å². The Hall–Kier alpha value is -0.520. The highest BCUT2D eigenvalue weighted by atomic mass is 79.9. The SMILES string of the molecule is CC(C)OCC(O)c1c(F)cncc1Br. The van der Waals surface area contributed by atoms with Gasteiger partial charge in [-0.1, -0.05) is 0 Å². The fourth-order valence-electron chi connectivity index (χ4n) is 1.11. The molecule has 0 amide bonds. The lowest BCUT2D eigenvalue weighted by molar-refractivity contribution is 0.00325. The molecule has 0 radical (unpaired) electrons. The summed E-state index contributed by atoms with van der Waals surface area (Å²) in [5.41, 5.74) is 0.186. The van der Waals surface area contributed by atoms with E-state index in [1.165, 1.54) is 6.20 Å². The summed E-state index contributed by atoms with van der Waals surface area (Å²) in [4.78, 5) is 3.65. The second-order valence-electron chi connectivity index (χ2n) is 3.41. The first-order valence-electron chi connectivity index (χ1n) is 4.61. The minimum Gasteiger partial charge on any atom is -0.386 e. The van der Waals surface area contributed by atoms with E-state index >= 15 is 0 Å². The summed E-state index contributed by atoms with van der Waals surface area (Å²) in [7, 11) is 0. The van der Waals surface area contributed by atoms with Crippen LogP contribution in [0.4, 0.5) is 4.39 Å². The molecule has 3 nitrogen and oxygen atoms in total. The van der Waals surface area contributed by atoms with Crippen LogP contribution in [0.25, 0.3) is 0 Å². The van der Waals surface area contributed by atoms with Crippen LogP contribution in [0.1, 0.15) is 25.5 Å². The number of pyridine rings is 1. The van der Waals surface area contributed by atoms with Crippen molar-refractivity contribution in [2.24, 2.45) is 0 Å². The van der Waals surface area contributed by atoms with Gasteiger partial charge >= 0.3 is 0 Å². The zero-order valence-electron chi connectivity index (χ0n) is 8.58. The minimum absolute atomic E-state index is 0.00308. The van der Waals surface area contributed by atoms with Crippen LogP contribution in [0.2, 0.25) is 0 Å². The maximum atomic E-state index is 13.3. The molecular weight excluding hydrogens is 265 g/mol. The summed E-state index contributed by atoms with van der Waals surface area (Å²) in [5, 5.41) is 9.71. The van der Waals surface area contributed by atoms with E-state index in [0.717, 1.165) is 6.20 Å². The largest absolute Gasteiger partial charge is 0.386 e. The molecule has 0 aromatic carbocycles. The van der Waals surface area contributed by atoms with Crippen LogP contribution < -0.4 is 0 Å². The number of hydrogen-bond acceptors (Lipinski definition) is 3. The van der Waals surface area contributed by atoms with Crippen molar-refractivity contribution in [3.63, 3.8) is 0 Å². The highest BCUT2D eigenvalue weighted by Crippen LogP contribution is 2.25. The molecule has 0 aliphatic heterocycles. The van der Waals surface area contributed by atoms with Crippen LogP contribution in [0, 0.1) is 5.82 Å². The summed E-state index contributed by atoms with van der Waals surface area (Å²) in [6, 6.07) is 0. The smallest absolute Gasteiger partial charge is 0.148 e. The Morgan fingerprint density at radius 3 is 2.73 bits per heavy atom. The molecule has 5 heteroatoms. The normalized spacial score (nSPS) is 13.2. The molecule has 1 aromatic heterocycles. The molecule has 0 bridgehead atoms. The summed E-state index contributed by atoms with van der Waals surface area (Å²) in [6.07, 6.45) is 1.53. The predicted molar refractivity (Wildman–Crippen MR) is 57.9 cm³/mol. The maximum absolute atomic E-state index is 13.3. The van der Waals surface area contributed by atoms with Gasteiger partial charge < -0.3 is 9.84 Å². The van der Waals surface area contributed by atoms with Gasteiger partial charge in [-0.05, 0) is 29.8 Å². The lowest BCUT2D eigenvalue weighted by Gasteiger charge is -2.15. The third-order valence-corrected chi connectivity index (χ3v) is 2.44. The van der Waals surface area contributed by atoms with Gasteiger partial charge in [-0.15, -0.1) is 0 Å². The summed E-state index contributed by atoms with van der Waals surface area (Å²) >= 11 is 3.14. The zero-order valence-corrected chi connectivity index (χ0v) is 10.2. The first kappa shape index (κ1) is 12.5. The second kappa shape index (κ2) is 5.53. The third kappa shape index (κ3) is 3.52. The number of halogens is 2. The van der Waals surface area contributed by atoms with Crippen molar-refractivity contribution in [2.75, 3.05) is 6.61 Å². The molecule has 0 spiro atoms. The van der Waals surface area contributed by atoms with Crippen molar-refractivity contribution in [1.29, 1.82) is 0 Å². The molecule has 0 saturated heterocycles. The van der Waals surface area contributed by atoms with Crippen molar-refractivity contribution >= 4 is 15.9 Å². The average molecular weight is 278 g/mol. The highest BCUT2D eigenvalue weighted by Gasteiger charge is 2.17. The summed E-state index contributed by atoms with van der Waals surface area (Å²) < 4.78 is 19.0. The molecule has 0 saturated carbocycles. The van der Waals surface area contributed by atoms with Gasteiger partial charge in [0.15, 0.2) is 0 Å². The van der Waals surface area contributed by atoms with Crippen LogP contribution in [0.15, 0.2) is 16.9 Å².